The predicted octanol–water partition coefficient (Wildman–Crippen LogP) is 3.55. The Kier molecular flexibility index (Phi) is 6.19. The number of fused-ring (bicyclic) bond motifs is 2. The number of allylic oxidation sites excluding steroid dienone is 1. The minimum absolute atomic E-state index is 0.0853. The summed E-state index contributed by atoms with van der Waals surface area (Å²) in [7, 11) is 0. The molecule has 0 bridgehead atoms. The molecule has 40 heavy (non-hydrogen) atoms. The Balaban J connectivity index is 1.25. The number of H-pyrrole nitrogens is 1. The van der Waals surface area contributed by atoms with Gasteiger partial charge in [-0.05, 0) is 55.0 Å². The Morgan fingerprint density at radius 1 is 1.10 bits per heavy atom. The van der Waals surface area contributed by atoms with Crippen molar-refractivity contribution in [3.63, 3.8) is 0 Å². The van der Waals surface area contributed by atoms with E-state index in [0.717, 1.165) is 22.6 Å². The number of pyridine rings is 1. The zero-order valence-electron chi connectivity index (χ0n) is 21.2. The second-order valence-electron chi connectivity index (χ2n) is 9.32. The number of aromatic nitrogens is 4. The van der Waals surface area contributed by atoms with Crippen LogP contribution in [0.1, 0.15) is 34.6 Å². The average Bonchev–Trinajstić information content (AvgIpc) is 3.57. The molecule has 11 nitrogen and oxygen atoms in total. The normalized spacial score (nSPS) is 15.2. The molecule has 1 unspecified atom stereocenters. The third kappa shape index (κ3) is 4.73. The molecule has 2 aromatic carbocycles. The van der Waals surface area contributed by atoms with Crippen LogP contribution in [-0.4, -0.2) is 37.4 Å². The Morgan fingerprint density at radius 2 is 1.98 bits per heavy atom. The van der Waals surface area contributed by atoms with E-state index in [1.807, 2.05) is 28.8 Å². The summed E-state index contributed by atoms with van der Waals surface area (Å²) in [6.07, 6.45) is 5.25. The fraction of sp³-hybridized carbons (Fsp3) is 0.107. The third-order valence-electron chi connectivity index (χ3n) is 6.62. The molecule has 0 saturated carbocycles. The van der Waals surface area contributed by atoms with Gasteiger partial charge in [-0.2, -0.15) is 5.10 Å². The molecule has 0 radical (unpaired) electrons. The fourth-order valence-electron chi connectivity index (χ4n) is 4.70. The molecule has 1 aliphatic rings. The van der Waals surface area contributed by atoms with E-state index in [2.05, 4.69) is 36.4 Å². The highest BCUT2D eigenvalue weighted by molar-refractivity contribution is 6.07. The standard InChI is InChI=1S/C28H23FN8O3/c1-15-24(27(39)34-18-6-8-22-17(10-18)12-31-36-22)25(35-28(40)32-15)16-5-7-21(29)20(11-16)26(38)30-13-19-14-37-9-3-2-4-23(37)33-19/h2-12,14,25H,13H2,1H3,(H,30,38)(H,31,36)(H,34,39)(H2,32,35,40). The van der Waals surface area contributed by atoms with Crippen LogP contribution in [0.25, 0.3) is 16.6 Å². The molecule has 5 aromatic rings. The average molecular weight is 539 g/mol. The fourth-order valence-corrected chi connectivity index (χ4v) is 4.70. The molecular formula is C28H23FN8O3. The number of halogens is 1. The highest BCUT2D eigenvalue weighted by Crippen LogP contribution is 2.29. The number of hydrogen-bond donors (Lipinski definition) is 5. The molecule has 4 heterocycles. The first kappa shape index (κ1) is 24.8. The number of benzene rings is 2. The predicted molar refractivity (Wildman–Crippen MR) is 145 cm³/mol. The summed E-state index contributed by atoms with van der Waals surface area (Å²) in [6.45, 7) is 1.69. The van der Waals surface area contributed by atoms with Crippen LogP contribution in [0.5, 0.6) is 0 Å². The van der Waals surface area contributed by atoms with Crippen LogP contribution in [0.2, 0.25) is 0 Å². The van der Waals surface area contributed by atoms with Crippen molar-refractivity contribution in [2.75, 3.05) is 5.32 Å². The zero-order chi connectivity index (χ0) is 27.8. The quantitative estimate of drug-likeness (QED) is 0.225. The molecule has 4 amide bonds. The van der Waals surface area contributed by atoms with Crippen molar-refractivity contribution >= 4 is 40.1 Å². The molecule has 12 heteroatoms. The molecular weight excluding hydrogens is 515 g/mol. The third-order valence-corrected chi connectivity index (χ3v) is 6.62. The van der Waals surface area contributed by atoms with Gasteiger partial charge < -0.3 is 25.7 Å². The summed E-state index contributed by atoms with van der Waals surface area (Å²) >= 11 is 0. The van der Waals surface area contributed by atoms with E-state index in [-0.39, 0.29) is 17.7 Å². The number of carbonyl (C=O) groups excluding carboxylic acids is 3. The Labute approximate surface area is 226 Å². The van der Waals surface area contributed by atoms with Gasteiger partial charge in [-0.1, -0.05) is 12.1 Å². The van der Waals surface area contributed by atoms with Gasteiger partial charge in [0.2, 0.25) is 0 Å². The first-order chi connectivity index (χ1) is 19.4. The van der Waals surface area contributed by atoms with Crippen molar-refractivity contribution in [2.45, 2.75) is 19.5 Å². The van der Waals surface area contributed by atoms with Gasteiger partial charge in [0.05, 0.1) is 41.1 Å². The molecule has 200 valence electrons. The Hall–Kier alpha value is -5.52. The lowest BCUT2D eigenvalue weighted by molar-refractivity contribution is -0.113. The van der Waals surface area contributed by atoms with Gasteiger partial charge in [0.15, 0.2) is 0 Å². The van der Waals surface area contributed by atoms with Gasteiger partial charge in [0.1, 0.15) is 11.5 Å². The molecule has 0 fully saturated rings. The number of amides is 4. The summed E-state index contributed by atoms with van der Waals surface area (Å²) in [5, 5.41) is 18.5. The van der Waals surface area contributed by atoms with Crippen molar-refractivity contribution in [3.8, 4) is 0 Å². The molecule has 0 aliphatic carbocycles. The van der Waals surface area contributed by atoms with Crippen LogP contribution >= 0.6 is 0 Å². The summed E-state index contributed by atoms with van der Waals surface area (Å²) in [5.41, 5.74) is 3.36. The van der Waals surface area contributed by atoms with Gasteiger partial charge in [0, 0.05) is 29.2 Å². The maximum Gasteiger partial charge on any atom is 0.319 e. The van der Waals surface area contributed by atoms with E-state index >= 15 is 0 Å². The van der Waals surface area contributed by atoms with E-state index < -0.39 is 29.7 Å². The first-order valence-electron chi connectivity index (χ1n) is 12.4. The largest absolute Gasteiger partial charge is 0.346 e. The van der Waals surface area contributed by atoms with Gasteiger partial charge in [0.25, 0.3) is 11.8 Å². The molecule has 1 atom stereocenters. The van der Waals surface area contributed by atoms with E-state index in [1.54, 1.807) is 37.5 Å². The van der Waals surface area contributed by atoms with E-state index in [1.165, 1.54) is 12.1 Å². The summed E-state index contributed by atoms with van der Waals surface area (Å²) in [6, 6.07) is 13.3. The van der Waals surface area contributed by atoms with Gasteiger partial charge in [-0.25, -0.2) is 14.2 Å². The van der Waals surface area contributed by atoms with Crippen molar-refractivity contribution in [3.05, 3.63) is 107 Å². The molecule has 0 saturated heterocycles. The minimum atomic E-state index is -0.933. The maximum atomic E-state index is 14.8. The number of carbonyl (C=O) groups is 3. The van der Waals surface area contributed by atoms with E-state index in [4.69, 9.17) is 0 Å². The van der Waals surface area contributed by atoms with Crippen LogP contribution < -0.4 is 21.3 Å². The number of anilines is 1. The van der Waals surface area contributed by atoms with E-state index in [9.17, 15) is 18.8 Å². The van der Waals surface area contributed by atoms with Crippen molar-refractivity contribution in [1.29, 1.82) is 0 Å². The van der Waals surface area contributed by atoms with Gasteiger partial charge >= 0.3 is 6.03 Å². The van der Waals surface area contributed by atoms with Crippen LogP contribution in [-0.2, 0) is 11.3 Å². The molecule has 1 aliphatic heterocycles. The summed E-state index contributed by atoms with van der Waals surface area (Å²) in [4.78, 5) is 43.2. The molecule has 6 rings (SSSR count). The topological polar surface area (TPSA) is 145 Å². The monoisotopic (exact) mass is 538 g/mol. The van der Waals surface area contributed by atoms with Gasteiger partial charge in [-0.15, -0.1) is 0 Å². The SMILES string of the molecule is CC1=C(C(=O)Nc2ccc3[nH]ncc3c2)C(c2ccc(F)c(C(=O)NCc3cn4ccccc4n3)c2)NC(=O)N1. The molecule has 0 spiro atoms. The zero-order valence-corrected chi connectivity index (χ0v) is 21.2. The van der Waals surface area contributed by atoms with E-state index in [0.29, 0.717) is 22.6 Å². The first-order valence-corrected chi connectivity index (χ1v) is 12.4. The second-order valence-corrected chi connectivity index (χ2v) is 9.32. The summed E-state index contributed by atoms with van der Waals surface area (Å²) in [5.74, 6) is -1.87. The van der Waals surface area contributed by atoms with Crippen molar-refractivity contribution in [1.82, 2.24) is 35.5 Å². The second kappa shape index (κ2) is 9.98. The number of imidazole rings is 1. The smallest absolute Gasteiger partial charge is 0.319 e. The highest BCUT2D eigenvalue weighted by Gasteiger charge is 2.32. The van der Waals surface area contributed by atoms with Crippen LogP contribution in [0.15, 0.2) is 84.5 Å². The maximum absolute atomic E-state index is 14.8. The lowest BCUT2D eigenvalue weighted by Crippen LogP contribution is -2.46. The number of nitrogens with one attached hydrogen (secondary N) is 5. The van der Waals surface area contributed by atoms with Gasteiger partial charge in [-0.3, -0.25) is 14.7 Å². The van der Waals surface area contributed by atoms with Crippen molar-refractivity contribution in [2.24, 2.45) is 0 Å². The lowest BCUT2D eigenvalue weighted by Gasteiger charge is -2.29. The molecule has 5 N–H and O–H groups in total. The van der Waals surface area contributed by atoms with Crippen LogP contribution in [0.4, 0.5) is 14.9 Å². The van der Waals surface area contributed by atoms with Crippen LogP contribution in [0.3, 0.4) is 0 Å². The van der Waals surface area contributed by atoms with Crippen molar-refractivity contribution < 1.29 is 18.8 Å². The molecule has 3 aromatic heterocycles. The lowest BCUT2D eigenvalue weighted by atomic mass is 9.93. The Bertz CT molecular complexity index is 1810. The summed E-state index contributed by atoms with van der Waals surface area (Å²) < 4.78 is 16.6. The van der Waals surface area contributed by atoms with Crippen LogP contribution in [0, 0.1) is 5.82 Å². The number of nitrogens with zero attached hydrogens (tertiary/aromatic N) is 3. The number of aromatic amines is 1. The number of rotatable bonds is 6. The number of urea groups is 1. The highest BCUT2D eigenvalue weighted by atomic mass is 19.1. The minimum Gasteiger partial charge on any atom is -0.346 e. The number of hydrogen-bond acceptors (Lipinski definition) is 5. The Morgan fingerprint density at radius 3 is 2.83 bits per heavy atom.